The van der Waals surface area contributed by atoms with E-state index < -0.39 is 0 Å². The summed E-state index contributed by atoms with van der Waals surface area (Å²) in [5.74, 6) is -0.306. The average molecular weight is 189 g/mol. The van der Waals surface area contributed by atoms with Crippen LogP contribution in [0.1, 0.15) is 5.56 Å². The van der Waals surface area contributed by atoms with Gasteiger partial charge in [-0.2, -0.15) is 0 Å². The van der Waals surface area contributed by atoms with Crippen LogP contribution in [0.4, 0.5) is 4.39 Å². The Morgan fingerprint density at radius 2 is 2.18 bits per heavy atom. The van der Waals surface area contributed by atoms with E-state index in [0.29, 0.717) is 0 Å². The lowest BCUT2D eigenvalue weighted by molar-refractivity contribution is 0.626. The maximum Gasteiger partial charge on any atom is 0.142 e. The summed E-state index contributed by atoms with van der Waals surface area (Å²) in [6.45, 7) is 0. The SMILES string of the molecule is Fc1cc(CC[SiH3])ccc1Cl. The number of benzene rings is 1. The maximum atomic E-state index is 12.8. The molecule has 0 aliphatic carbocycles. The van der Waals surface area contributed by atoms with Gasteiger partial charge in [-0.05, 0) is 24.1 Å². The third-order valence-corrected chi connectivity index (χ3v) is 2.33. The summed E-state index contributed by atoms with van der Waals surface area (Å²) in [5.41, 5.74) is 1.04. The first-order chi connectivity index (χ1) is 5.24. The second-order valence-electron chi connectivity index (χ2n) is 2.50. The van der Waals surface area contributed by atoms with Gasteiger partial charge in [0.05, 0.1) is 5.02 Å². The summed E-state index contributed by atoms with van der Waals surface area (Å²) >= 11 is 5.51. The first-order valence-electron chi connectivity index (χ1n) is 3.68. The highest BCUT2D eigenvalue weighted by molar-refractivity contribution is 6.30. The largest absolute Gasteiger partial charge is 0.205 e. The highest BCUT2D eigenvalue weighted by atomic mass is 35.5. The molecular formula is C8H10ClFSi. The fraction of sp³-hybridized carbons (Fsp3) is 0.250. The molecule has 1 rings (SSSR count). The minimum absolute atomic E-state index is 0.210. The average Bonchev–Trinajstić information content (AvgIpc) is 1.98. The molecule has 11 heavy (non-hydrogen) atoms. The Morgan fingerprint density at radius 1 is 1.45 bits per heavy atom. The molecule has 0 saturated carbocycles. The summed E-state index contributed by atoms with van der Waals surface area (Å²) in [4.78, 5) is 0. The highest BCUT2D eigenvalue weighted by Gasteiger charge is 1.98. The van der Waals surface area contributed by atoms with Gasteiger partial charge in [0.25, 0.3) is 0 Å². The zero-order chi connectivity index (χ0) is 8.27. The van der Waals surface area contributed by atoms with Crippen molar-refractivity contribution in [3.63, 3.8) is 0 Å². The first kappa shape index (κ1) is 8.75. The van der Waals surface area contributed by atoms with Crippen molar-refractivity contribution in [2.24, 2.45) is 0 Å². The Hall–Kier alpha value is -0.343. The zero-order valence-electron chi connectivity index (χ0n) is 6.40. The molecule has 60 valence electrons. The zero-order valence-corrected chi connectivity index (χ0v) is 9.16. The Labute approximate surface area is 73.8 Å². The third-order valence-electron chi connectivity index (χ3n) is 1.52. The van der Waals surface area contributed by atoms with Gasteiger partial charge in [-0.1, -0.05) is 23.7 Å². The van der Waals surface area contributed by atoms with Gasteiger partial charge in [-0.15, -0.1) is 0 Å². The number of halogens is 2. The second kappa shape index (κ2) is 3.88. The topological polar surface area (TPSA) is 0 Å². The van der Waals surface area contributed by atoms with Gasteiger partial charge in [-0.3, -0.25) is 0 Å². The van der Waals surface area contributed by atoms with Crippen LogP contribution in [-0.2, 0) is 6.42 Å². The van der Waals surface area contributed by atoms with Crippen LogP contribution in [0.3, 0.4) is 0 Å². The molecule has 0 amide bonds. The molecule has 0 spiro atoms. The van der Waals surface area contributed by atoms with E-state index in [1.807, 2.05) is 6.07 Å². The van der Waals surface area contributed by atoms with Crippen molar-refractivity contribution < 1.29 is 4.39 Å². The van der Waals surface area contributed by atoms with Crippen LogP contribution in [0.5, 0.6) is 0 Å². The van der Waals surface area contributed by atoms with Gasteiger partial charge in [0.2, 0.25) is 0 Å². The molecule has 0 aliphatic heterocycles. The van der Waals surface area contributed by atoms with Crippen molar-refractivity contribution in [3.8, 4) is 0 Å². The molecule has 0 bridgehead atoms. The fourth-order valence-electron chi connectivity index (χ4n) is 0.984. The van der Waals surface area contributed by atoms with E-state index in [2.05, 4.69) is 0 Å². The molecule has 0 saturated heterocycles. The van der Waals surface area contributed by atoms with Crippen LogP contribution >= 0.6 is 11.6 Å². The summed E-state index contributed by atoms with van der Waals surface area (Å²) < 4.78 is 12.8. The van der Waals surface area contributed by atoms with Crippen LogP contribution in [0.15, 0.2) is 18.2 Å². The molecule has 0 aromatic heterocycles. The number of rotatable bonds is 2. The van der Waals surface area contributed by atoms with Crippen molar-refractivity contribution in [2.75, 3.05) is 0 Å². The Kier molecular flexibility index (Phi) is 3.09. The Bertz CT molecular complexity index is 250. The van der Waals surface area contributed by atoms with Gasteiger partial charge >= 0.3 is 0 Å². The van der Waals surface area contributed by atoms with Crippen molar-refractivity contribution >= 4 is 21.8 Å². The normalized spacial score (nSPS) is 10.4. The van der Waals surface area contributed by atoms with Gasteiger partial charge in [-0.25, -0.2) is 4.39 Å². The molecule has 0 fully saturated rings. The highest BCUT2D eigenvalue weighted by Crippen LogP contribution is 2.16. The molecule has 1 aromatic rings. The van der Waals surface area contributed by atoms with Crippen LogP contribution in [-0.4, -0.2) is 10.2 Å². The van der Waals surface area contributed by atoms with E-state index in [0.717, 1.165) is 22.2 Å². The van der Waals surface area contributed by atoms with Gasteiger partial charge in [0, 0.05) is 10.2 Å². The Balaban J connectivity index is 2.86. The molecule has 0 heterocycles. The molecule has 0 N–H and O–H groups in total. The standard InChI is InChI=1S/C8H10ClFSi/c9-7-2-1-6(3-4-11)5-8(7)10/h1-2,5H,3-4H2,11H3. The van der Waals surface area contributed by atoms with E-state index in [1.54, 1.807) is 6.07 Å². The van der Waals surface area contributed by atoms with Crippen molar-refractivity contribution in [3.05, 3.63) is 34.6 Å². The molecule has 0 atom stereocenters. The summed E-state index contributed by atoms with van der Waals surface area (Å²) in [7, 11) is 1.16. The van der Waals surface area contributed by atoms with E-state index in [9.17, 15) is 4.39 Å². The van der Waals surface area contributed by atoms with Crippen LogP contribution < -0.4 is 0 Å². The number of aryl methyl sites for hydroxylation is 1. The minimum atomic E-state index is -0.306. The number of hydrogen-bond acceptors (Lipinski definition) is 0. The first-order valence-corrected chi connectivity index (χ1v) is 5.47. The molecule has 0 aliphatic rings. The van der Waals surface area contributed by atoms with Gasteiger partial charge in [0.1, 0.15) is 5.82 Å². The summed E-state index contributed by atoms with van der Waals surface area (Å²) in [5, 5.41) is 0.210. The van der Waals surface area contributed by atoms with Crippen molar-refractivity contribution in [1.29, 1.82) is 0 Å². The molecule has 3 heteroatoms. The summed E-state index contributed by atoms with van der Waals surface area (Å²) in [6.07, 6.45) is 0.973. The van der Waals surface area contributed by atoms with E-state index >= 15 is 0 Å². The molecule has 0 nitrogen and oxygen atoms in total. The molecule has 0 radical (unpaired) electrons. The fourth-order valence-corrected chi connectivity index (χ4v) is 1.68. The quantitative estimate of drug-likeness (QED) is 0.622. The molecule has 1 aromatic carbocycles. The van der Waals surface area contributed by atoms with Gasteiger partial charge < -0.3 is 0 Å². The lowest BCUT2D eigenvalue weighted by Crippen LogP contribution is -1.85. The van der Waals surface area contributed by atoms with Crippen LogP contribution in [0.2, 0.25) is 11.1 Å². The Morgan fingerprint density at radius 3 is 2.73 bits per heavy atom. The predicted octanol–water partition coefficient (Wildman–Crippen LogP) is 1.81. The van der Waals surface area contributed by atoms with E-state index in [1.165, 1.54) is 12.1 Å². The van der Waals surface area contributed by atoms with Gasteiger partial charge in [0.15, 0.2) is 0 Å². The number of hydrogen-bond donors (Lipinski definition) is 0. The predicted molar refractivity (Wildman–Crippen MR) is 49.9 cm³/mol. The second-order valence-corrected chi connectivity index (χ2v) is 3.91. The minimum Gasteiger partial charge on any atom is -0.205 e. The van der Waals surface area contributed by atoms with Crippen LogP contribution in [0.25, 0.3) is 0 Å². The molecular weight excluding hydrogens is 179 g/mol. The lowest BCUT2D eigenvalue weighted by Gasteiger charge is -1.98. The van der Waals surface area contributed by atoms with Crippen molar-refractivity contribution in [2.45, 2.75) is 12.5 Å². The molecule has 0 unspecified atom stereocenters. The van der Waals surface area contributed by atoms with E-state index in [4.69, 9.17) is 11.6 Å². The maximum absolute atomic E-state index is 12.8. The lowest BCUT2D eigenvalue weighted by atomic mass is 10.2. The van der Waals surface area contributed by atoms with Crippen LogP contribution in [0, 0.1) is 5.82 Å². The smallest absolute Gasteiger partial charge is 0.142 e. The van der Waals surface area contributed by atoms with Crippen molar-refractivity contribution in [1.82, 2.24) is 0 Å². The third kappa shape index (κ3) is 2.31. The monoisotopic (exact) mass is 188 g/mol. The summed E-state index contributed by atoms with van der Waals surface area (Å²) in [6, 6.07) is 6.17. The van der Waals surface area contributed by atoms with E-state index in [-0.39, 0.29) is 10.8 Å².